The highest BCUT2D eigenvalue weighted by molar-refractivity contribution is 6.05. The van der Waals surface area contributed by atoms with Crippen LogP contribution in [0.2, 0.25) is 0 Å². The van der Waals surface area contributed by atoms with Gasteiger partial charge in [-0.25, -0.2) is 9.59 Å². The van der Waals surface area contributed by atoms with E-state index in [2.05, 4.69) is 29.2 Å². The maximum atomic E-state index is 12.7. The molecule has 1 aliphatic carbocycles. The first-order valence-electron chi connectivity index (χ1n) is 11.9. The van der Waals surface area contributed by atoms with Gasteiger partial charge >= 0.3 is 11.9 Å². The van der Waals surface area contributed by atoms with Crippen molar-refractivity contribution < 1.29 is 24.6 Å². The van der Waals surface area contributed by atoms with Gasteiger partial charge in [0, 0.05) is 42.4 Å². The van der Waals surface area contributed by atoms with Crippen LogP contribution in [0.5, 0.6) is 0 Å². The number of nitrogens with zero attached hydrogens (tertiary/aromatic N) is 3. The highest BCUT2D eigenvalue weighted by Crippen LogP contribution is 2.29. The van der Waals surface area contributed by atoms with Gasteiger partial charge in [0.15, 0.2) is 0 Å². The third kappa shape index (κ3) is 6.90. The fourth-order valence-electron chi connectivity index (χ4n) is 4.26. The Morgan fingerprint density at radius 1 is 1.09 bits per heavy atom. The van der Waals surface area contributed by atoms with E-state index in [1.165, 1.54) is 45.2 Å². The lowest BCUT2D eigenvalue weighted by Crippen LogP contribution is -2.46. The molecule has 1 saturated carbocycles. The summed E-state index contributed by atoms with van der Waals surface area (Å²) in [7, 11) is 0. The monoisotopic (exact) mass is 470 g/mol. The van der Waals surface area contributed by atoms with Gasteiger partial charge in [0.25, 0.3) is 5.91 Å². The highest BCUT2D eigenvalue weighted by atomic mass is 16.4. The quantitative estimate of drug-likeness (QED) is 0.530. The summed E-state index contributed by atoms with van der Waals surface area (Å²) < 4.78 is 1.93. The molecule has 0 radical (unpaired) electrons. The van der Waals surface area contributed by atoms with Crippen LogP contribution in [-0.4, -0.2) is 68.4 Å². The number of fused-ring (bicyclic) bond motifs is 1. The number of rotatable bonds is 7. The van der Waals surface area contributed by atoms with E-state index in [9.17, 15) is 14.4 Å². The summed E-state index contributed by atoms with van der Waals surface area (Å²) in [5.41, 5.74) is 1.49. The zero-order valence-electron chi connectivity index (χ0n) is 19.8. The number of amides is 1. The van der Waals surface area contributed by atoms with Crippen LogP contribution in [0.4, 0.5) is 0 Å². The Labute approximate surface area is 199 Å². The Bertz CT molecular complexity index is 1020. The van der Waals surface area contributed by atoms with Crippen molar-refractivity contribution in [3.63, 3.8) is 0 Å². The SMILES string of the molecule is CC(C)n1cc2cccc(C(=O)NCC3CCN(C4CCC4)CC3)c2n1.O=C(O)C=CC(=O)O. The molecule has 0 bridgehead atoms. The van der Waals surface area contributed by atoms with E-state index in [0.29, 0.717) is 29.7 Å². The Morgan fingerprint density at radius 2 is 1.74 bits per heavy atom. The van der Waals surface area contributed by atoms with E-state index in [4.69, 9.17) is 10.2 Å². The molecule has 1 saturated heterocycles. The molecule has 3 N–H and O–H groups in total. The van der Waals surface area contributed by atoms with Crippen LogP contribution in [0.3, 0.4) is 0 Å². The third-order valence-corrected chi connectivity index (χ3v) is 6.49. The standard InChI is InChI=1S/C21H30N4O.C4H4O4/c1-15(2)25-14-17-5-3-8-19(20(17)23-25)21(26)22-13-16-9-11-24(12-10-16)18-6-4-7-18;5-3(6)1-2-4(7)8/h3,5,8,14-16,18H,4,6-7,9-13H2,1-2H3,(H,22,26);1-2H,(H,5,6)(H,7,8). The van der Waals surface area contributed by atoms with Crippen molar-refractivity contribution in [3.05, 3.63) is 42.1 Å². The van der Waals surface area contributed by atoms with Gasteiger partial charge in [-0.3, -0.25) is 9.48 Å². The van der Waals surface area contributed by atoms with E-state index in [1.807, 2.05) is 29.1 Å². The van der Waals surface area contributed by atoms with Gasteiger partial charge in [0.2, 0.25) is 0 Å². The van der Waals surface area contributed by atoms with Crippen molar-refractivity contribution in [1.82, 2.24) is 20.0 Å². The molecule has 0 spiro atoms. The number of aliphatic carboxylic acids is 2. The molecule has 2 heterocycles. The first kappa shape index (κ1) is 25.4. The topological polar surface area (TPSA) is 125 Å². The summed E-state index contributed by atoms with van der Waals surface area (Å²) in [6, 6.07) is 6.99. The molecule has 0 atom stereocenters. The number of carbonyl (C=O) groups excluding carboxylic acids is 1. The molecular formula is C25H34N4O5. The zero-order valence-corrected chi connectivity index (χ0v) is 19.8. The minimum atomic E-state index is -1.26. The van der Waals surface area contributed by atoms with Gasteiger partial charge in [-0.05, 0) is 64.6 Å². The summed E-state index contributed by atoms with van der Waals surface area (Å²) in [5, 5.41) is 24.4. The van der Waals surface area contributed by atoms with Crippen LogP contribution in [-0.2, 0) is 9.59 Å². The number of benzene rings is 1. The summed E-state index contributed by atoms with van der Waals surface area (Å²) in [6.07, 6.45) is 9.70. The van der Waals surface area contributed by atoms with Crippen LogP contribution in [0.15, 0.2) is 36.5 Å². The number of carboxylic acids is 2. The number of carboxylic acid groups (broad SMARTS) is 2. The molecule has 9 nitrogen and oxygen atoms in total. The van der Waals surface area contributed by atoms with Crippen molar-refractivity contribution >= 4 is 28.7 Å². The summed E-state index contributed by atoms with van der Waals surface area (Å²) in [5.74, 6) is -1.91. The maximum absolute atomic E-state index is 12.7. The fraction of sp³-hybridized carbons (Fsp3) is 0.520. The molecule has 4 rings (SSSR count). The molecule has 184 valence electrons. The highest BCUT2D eigenvalue weighted by Gasteiger charge is 2.28. The van der Waals surface area contributed by atoms with E-state index >= 15 is 0 Å². The lowest BCUT2D eigenvalue weighted by atomic mass is 9.88. The van der Waals surface area contributed by atoms with Gasteiger partial charge in [0.1, 0.15) is 5.52 Å². The number of hydrogen-bond donors (Lipinski definition) is 3. The first-order valence-corrected chi connectivity index (χ1v) is 11.9. The molecule has 0 unspecified atom stereocenters. The fourth-order valence-corrected chi connectivity index (χ4v) is 4.26. The number of aromatic nitrogens is 2. The average Bonchev–Trinajstić information content (AvgIpc) is 3.21. The second-order valence-electron chi connectivity index (χ2n) is 9.23. The van der Waals surface area contributed by atoms with Crippen LogP contribution in [0, 0.1) is 5.92 Å². The second-order valence-corrected chi connectivity index (χ2v) is 9.23. The lowest BCUT2D eigenvalue weighted by Gasteiger charge is -2.41. The predicted molar refractivity (Wildman–Crippen MR) is 129 cm³/mol. The number of likely N-dealkylation sites (tertiary alicyclic amines) is 1. The molecular weight excluding hydrogens is 436 g/mol. The second kappa shape index (κ2) is 11.8. The smallest absolute Gasteiger partial charge is 0.328 e. The van der Waals surface area contributed by atoms with Gasteiger partial charge in [0.05, 0.1) is 5.56 Å². The summed E-state index contributed by atoms with van der Waals surface area (Å²) >= 11 is 0. The van der Waals surface area contributed by atoms with Crippen molar-refractivity contribution in [2.75, 3.05) is 19.6 Å². The van der Waals surface area contributed by atoms with Gasteiger partial charge in [-0.2, -0.15) is 5.10 Å². The van der Waals surface area contributed by atoms with Crippen LogP contribution < -0.4 is 5.32 Å². The van der Waals surface area contributed by atoms with Gasteiger partial charge in [-0.1, -0.05) is 18.6 Å². The number of carbonyl (C=O) groups is 3. The molecule has 1 aromatic carbocycles. The molecule has 9 heteroatoms. The first-order chi connectivity index (χ1) is 16.2. The van der Waals surface area contributed by atoms with Crippen LogP contribution in [0.1, 0.15) is 62.4 Å². The number of piperidine rings is 1. The van der Waals surface area contributed by atoms with Crippen LogP contribution in [0.25, 0.3) is 10.9 Å². The van der Waals surface area contributed by atoms with Crippen molar-refractivity contribution in [2.24, 2.45) is 5.92 Å². The van der Waals surface area contributed by atoms with Crippen molar-refractivity contribution in [3.8, 4) is 0 Å². The Balaban J connectivity index is 0.000000350. The van der Waals surface area contributed by atoms with E-state index in [-0.39, 0.29) is 5.91 Å². The molecule has 1 amide bonds. The third-order valence-electron chi connectivity index (χ3n) is 6.49. The molecule has 1 aromatic heterocycles. The molecule has 34 heavy (non-hydrogen) atoms. The molecule has 2 fully saturated rings. The summed E-state index contributed by atoms with van der Waals surface area (Å²) in [4.78, 5) is 34.5. The number of nitrogens with one attached hydrogen (secondary N) is 1. The van der Waals surface area contributed by atoms with Crippen molar-refractivity contribution in [1.29, 1.82) is 0 Å². The zero-order chi connectivity index (χ0) is 24.7. The normalized spacial score (nSPS) is 17.4. The van der Waals surface area contributed by atoms with Gasteiger partial charge < -0.3 is 20.4 Å². The van der Waals surface area contributed by atoms with Crippen molar-refractivity contribution in [2.45, 2.75) is 58.0 Å². The van der Waals surface area contributed by atoms with E-state index in [1.54, 1.807) is 0 Å². The molecule has 2 aromatic rings. The predicted octanol–water partition coefficient (Wildman–Crippen LogP) is 3.32. The molecule has 2 aliphatic rings. The maximum Gasteiger partial charge on any atom is 0.328 e. The van der Waals surface area contributed by atoms with Crippen LogP contribution >= 0.6 is 0 Å². The average molecular weight is 471 g/mol. The van der Waals surface area contributed by atoms with E-state index in [0.717, 1.165) is 23.5 Å². The Morgan fingerprint density at radius 3 is 2.26 bits per heavy atom. The number of hydrogen-bond acceptors (Lipinski definition) is 5. The summed E-state index contributed by atoms with van der Waals surface area (Å²) in [6.45, 7) is 7.36. The Hall–Kier alpha value is -3.20. The Kier molecular flexibility index (Phi) is 8.81. The minimum absolute atomic E-state index is 0.00558. The minimum Gasteiger partial charge on any atom is -0.478 e. The van der Waals surface area contributed by atoms with E-state index < -0.39 is 11.9 Å². The lowest BCUT2D eigenvalue weighted by molar-refractivity contribution is -0.134. The molecule has 1 aliphatic heterocycles. The van der Waals surface area contributed by atoms with Gasteiger partial charge in [-0.15, -0.1) is 0 Å². The largest absolute Gasteiger partial charge is 0.478 e.